The van der Waals surface area contributed by atoms with Crippen molar-refractivity contribution in [3.63, 3.8) is 0 Å². The van der Waals surface area contributed by atoms with Crippen LogP contribution in [0.1, 0.15) is 6.92 Å². The number of hydrogen-bond donors (Lipinski definition) is 2. The molecule has 0 aromatic heterocycles. The summed E-state index contributed by atoms with van der Waals surface area (Å²) in [6.45, 7) is 7.26. The van der Waals surface area contributed by atoms with E-state index in [1.54, 1.807) is 6.92 Å². The molecule has 3 N–H and O–H groups in total. The summed E-state index contributed by atoms with van der Waals surface area (Å²) in [5.74, 6) is 0.0402. The second-order valence-electron chi connectivity index (χ2n) is 4.91. The summed E-state index contributed by atoms with van der Waals surface area (Å²) >= 11 is 0. The van der Waals surface area contributed by atoms with E-state index in [1.165, 1.54) is 5.69 Å². The SMILES string of the molecule is CC(=O)NCCN1CCN(c2cccc(N)c2)CC1. The average Bonchev–Trinajstić information content (AvgIpc) is 2.39. The van der Waals surface area contributed by atoms with Gasteiger partial charge in [-0.05, 0) is 18.2 Å². The highest BCUT2D eigenvalue weighted by atomic mass is 16.1. The van der Waals surface area contributed by atoms with E-state index >= 15 is 0 Å². The molecule has 1 fully saturated rings. The Morgan fingerprint density at radius 2 is 2.05 bits per heavy atom. The van der Waals surface area contributed by atoms with E-state index in [9.17, 15) is 4.79 Å². The molecule has 0 aliphatic carbocycles. The zero-order chi connectivity index (χ0) is 13.7. The number of nitrogens with one attached hydrogen (secondary N) is 1. The topological polar surface area (TPSA) is 61.6 Å². The molecule has 1 aliphatic rings. The minimum absolute atomic E-state index is 0.0402. The fourth-order valence-corrected chi connectivity index (χ4v) is 2.34. The molecule has 5 heteroatoms. The van der Waals surface area contributed by atoms with Crippen molar-refractivity contribution < 1.29 is 4.79 Å². The predicted octanol–water partition coefficient (Wildman–Crippen LogP) is 0.527. The standard InChI is InChI=1S/C14H22N4O/c1-12(19)16-5-6-17-7-9-18(10-8-17)14-4-2-3-13(15)11-14/h2-4,11H,5-10,15H2,1H3,(H,16,19). The van der Waals surface area contributed by atoms with Gasteiger partial charge in [0.25, 0.3) is 0 Å². The van der Waals surface area contributed by atoms with Gasteiger partial charge in [-0.1, -0.05) is 6.07 Å². The Morgan fingerprint density at radius 3 is 2.68 bits per heavy atom. The van der Waals surface area contributed by atoms with Crippen molar-refractivity contribution in [1.29, 1.82) is 0 Å². The number of benzene rings is 1. The summed E-state index contributed by atoms with van der Waals surface area (Å²) in [5.41, 5.74) is 7.82. The molecule has 1 amide bonds. The summed E-state index contributed by atoms with van der Waals surface area (Å²) < 4.78 is 0. The molecular formula is C14H22N4O. The number of amides is 1. The molecule has 19 heavy (non-hydrogen) atoms. The number of nitrogens with two attached hydrogens (primary N) is 1. The summed E-state index contributed by atoms with van der Waals surface area (Å²) in [7, 11) is 0. The number of nitrogens with zero attached hydrogens (tertiary/aromatic N) is 2. The molecule has 0 saturated carbocycles. The van der Waals surface area contributed by atoms with Crippen LogP contribution < -0.4 is 16.0 Å². The second-order valence-corrected chi connectivity index (χ2v) is 4.91. The van der Waals surface area contributed by atoms with Crippen LogP contribution in [0.2, 0.25) is 0 Å². The summed E-state index contributed by atoms with van der Waals surface area (Å²) in [5, 5.41) is 2.83. The highest BCUT2D eigenvalue weighted by Crippen LogP contribution is 2.18. The van der Waals surface area contributed by atoms with E-state index in [-0.39, 0.29) is 5.91 Å². The summed E-state index contributed by atoms with van der Waals surface area (Å²) in [4.78, 5) is 15.5. The van der Waals surface area contributed by atoms with Gasteiger partial charge in [-0.25, -0.2) is 0 Å². The highest BCUT2D eigenvalue weighted by molar-refractivity contribution is 5.72. The molecule has 0 radical (unpaired) electrons. The first-order valence-corrected chi connectivity index (χ1v) is 6.72. The van der Waals surface area contributed by atoms with E-state index in [4.69, 9.17) is 5.73 Å². The molecule has 1 heterocycles. The highest BCUT2D eigenvalue weighted by Gasteiger charge is 2.16. The maximum Gasteiger partial charge on any atom is 0.216 e. The lowest BCUT2D eigenvalue weighted by atomic mass is 10.2. The lowest BCUT2D eigenvalue weighted by Gasteiger charge is -2.36. The van der Waals surface area contributed by atoms with Crippen LogP contribution in [-0.2, 0) is 4.79 Å². The third-order valence-electron chi connectivity index (χ3n) is 3.41. The van der Waals surface area contributed by atoms with E-state index < -0.39 is 0 Å². The zero-order valence-electron chi connectivity index (χ0n) is 11.4. The molecule has 104 valence electrons. The second kappa shape index (κ2) is 6.43. The lowest BCUT2D eigenvalue weighted by Crippen LogP contribution is -2.48. The number of nitrogen functional groups attached to an aromatic ring is 1. The Morgan fingerprint density at radius 1 is 1.32 bits per heavy atom. The first kappa shape index (κ1) is 13.7. The van der Waals surface area contributed by atoms with Gasteiger partial charge in [-0.2, -0.15) is 0 Å². The van der Waals surface area contributed by atoms with Gasteiger partial charge in [0, 0.05) is 57.6 Å². The minimum Gasteiger partial charge on any atom is -0.399 e. The molecule has 1 saturated heterocycles. The maximum atomic E-state index is 10.8. The average molecular weight is 262 g/mol. The number of carbonyl (C=O) groups is 1. The van der Waals surface area contributed by atoms with Crippen molar-refractivity contribution in [2.24, 2.45) is 0 Å². The summed E-state index contributed by atoms with van der Waals surface area (Å²) in [6, 6.07) is 8.03. The monoisotopic (exact) mass is 262 g/mol. The van der Waals surface area contributed by atoms with Crippen LogP contribution in [0.3, 0.4) is 0 Å². The number of hydrogen-bond acceptors (Lipinski definition) is 4. The first-order chi connectivity index (χ1) is 9.15. The molecule has 2 rings (SSSR count). The predicted molar refractivity (Wildman–Crippen MR) is 78.2 cm³/mol. The molecule has 0 spiro atoms. The third-order valence-corrected chi connectivity index (χ3v) is 3.41. The van der Waals surface area contributed by atoms with Crippen LogP contribution in [0, 0.1) is 0 Å². The normalized spacial score (nSPS) is 16.4. The third kappa shape index (κ3) is 4.13. The molecule has 0 atom stereocenters. The van der Waals surface area contributed by atoms with Crippen molar-refractivity contribution in [2.45, 2.75) is 6.92 Å². The minimum atomic E-state index is 0.0402. The van der Waals surface area contributed by atoms with E-state index in [2.05, 4.69) is 21.2 Å². The van der Waals surface area contributed by atoms with Gasteiger partial charge in [0.15, 0.2) is 0 Å². The molecule has 0 bridgehead atoms. The quantitative estimate of drug-likeness (QED) is 0.777. The lowest BCUT2D eigenvalue weighted by molar-refractivity contribution is -0.119. The van der Waals surface area contributed by atoms with Crippen molar-refractivity contribution in [2.75, 3.05) is 49.9 Å². The van der Waals surface area contributed by atoms with Crippen LogP contribution in [0.15, 0.2) is 24.3 Å². The number of carbonyl (C=O) groups excluding carboxylic acids is 1. The number of piperazine rings is 1. The Labute approximate surface area is 114 Å². The fraction of sp³-hybridized carbons (Fsp3) is 0.500. The molecule has 1 aromatic carbocycles. The number of rotatable bonds is 4. The van der Waals surface area contributed by atoms with Gasteiger partial charge in [0.05, 0.1) is 0 Å². The Hall–Kier alpha value is -1.75. The maximum absolute atomic E-state index is 10.8. The first-order valence-electron chi connectivity index (χ1n) is 6.72. The van der Waals surface area contributed by atoms with E-state index in [0.29, 0.717) is 0 Å². The smallest absolute Gasteiger partial charge is 0.216 e. The van der Waals surface area contributed by atoms with Crippen LogP contribution in [0.5, 0.6) is 0 Å². The Bertz CT molecular complexity index is 427. The largest absolute Gasteiger partial charge is 0.399 e. The van der Waals surface area contributed by atoms with Crippen molar-refractivity contribution in [1.82, 2.24) is 10.2 Å². The van der Waals surface area contributed by atoms with Gasteiger partial charge in [-0.15, -0.1) is 0 Å². The van der Waals surface area contributed by atoms with Crippen LogP contribution in [-0.4, -0.2) is 50.1 Å². The van der Waals surface area contributed by atoms with E-state index in [1.807, 2.05) is 18.2 Å². The van der Waals surface area contributed by atoms with Gasteiger partial charge in [0.1, 0.15) is 0 Å². The fourth-order valence-electron chi connectivity index (χ4n) is 2.34. The van der Waals surface area contributed by atoms with Gasteiger partial charge < -0.3 is 16.0 Å². The van der Waals surface area contributed by atoms with Crippen LogP contribution >= 0.6 is 0 Å². The molecule has 1 aromatic rings. The Kier molecular flexibility index (Phi) is 4.63. The van der Waals surface area contributed by atoms with Gasteiger partial charge in [-0.3, -0.25) is 9.69 Å². The van der Waals surface area contributed by atoms with Crippen molar-refractivity contribution in [3.05, 3.63) is 24.3 Å². The molecule has 5 nitrogen and oxygen atoms in total. The Balaban J connectivity index is 1.77. The number of anilines is 2. The van der Waals surface area contributed by atoms with Gasteiger partial charge in [0.2, 0.25) is 5.91 Å². The zero-order valence-corrected chi connectivity index (χ0v) is 11.4. The van der Waals surface area contributed by atoms with Crippen LogP contribution in [0.25, 0.3) is 0 Å². The van der Waals surface area contributed by atoms with E-state index in [0.717, 1.165) is 45.0 Å². The van der Waals surface area contributed by atoms with Crippen molar-refractivity contribution in [3.8, 4) is 0 Å². The van der Waals surface area contributed by atoms with Crippen LogP contribution in [0.4, 0.5) is 11.4 Å². The van der Waals surface area contributed by atoms with Gasteiger partial charge >= 0.3 is 0 Å². The van der Waals surface area contributed by atoms with Crippen molar-refractivity contribution >= 4 is 17.3 Å². The molecule has 1 aliphatic heterocycles. The molecule has 0 unspecified atom stereocenters. The molecular weight excluding hydrogens is 240 g/mol. The summed E-state index contributed by atoms with van der Waals surface area (Å²) in [6.07, 6.45) is 0.